The number of non-ortho nitro benzene ring substituents is 1. The largest absolute Gasteiger partial charge is 0.420 e. The van der Waals surface area contributed by atoms with Crippen LogP contribution < -0.4 is 11.1 Å². The summed E-state index contributed by atoms with van der Waals surface area (Å²) in [7, 11) is 0. The predicted octanol–water partition coefficient (Wildman–Crippen LogP) is 2.69. The Morgan fingerprint density at radius 2 is 2.04 bits per heavy atom. The molecule has 8 nitrogen and oxygen atoms in total. The van der Waals surface area contributed by atoms with Gasteiger partial charge in [-0.3, -0.25) is 19.5 Å². The van der Waals surface area contributed by atoms with Gasteiger partial charge < -0.3 is 9.73 Å². The lowest BCUT2D eigenvalue weighted by Crippen LogP contribution is -2.32. The molecule has 0 aliphatic heterocycles. The molecule has 2 aromatic carbocycles. The highest BCUT2D eigenvalue weighted by molar-refractivity contribution is 5.80. The maximum absolute atomic E-state index is 12.4. The van der Waals surface area contributed by atoms with E-state index in [1.54, 1.807) is 0 Å². The molecule has 1 N–H and O–H groups in total. The van der Waals surface area contributed by atoms with Gasteiger partial charge in [0.05, 0.1) is 22.5 Å². The molecule has 0 saturated heterocycles. The number of benzene rings is 2. The van der Waals surface area contributed by atoms with Gasteiger partial charge >= 0.3 is 5.76 Å². The lowest BCUT2D eigenvalue weighted by Gasteiger charge is -2.16. The van der Waals surface area contributed by atoms with Crippen molar-refractivity contribution in [2.45, 2.75) is 26.4 Å². The first-order valence-electron chi connectivity index (χ1n) is 7.99. The van der Waals surface area contributed by atoms with Crippen molar-refractivity contribution in [3.8, 4) is 0 Å². The van der Waals surface area contributed by atoms with Gasteiger partial charge in [-0.1, -0.05) is 24.3 Å². The number of rotatable bonds is 5. The minimum Gasteiger partial charge on any atom is -0.407 e. The fourth-order valence-electron chi connectivity index (χ4n) is 2.90. The molecule has 0 fully saturated rings. The number of nitrogens with one attached hydrogen (secondary N) is 1. The molecule has 0 aliphatic rings. The standard InChI is InChI=1S/C18H17N3O5/c1-11-5-3-4-6-14(11)12(2)19-17(22)10-20-15-8-7-13(21(24)25)9-16(15)26-18(20)23/h3-9,12H,10H2,1-2H3,(H,19,22)/t12-/m0/s1. The molecule has 3 aromatic rings. The Balaban J connectivity index is 1.81. The number of aryl methyl sites for hydroxylation is 1. The van der Waals surface area contributed by atoms with Crippen molar-refractivity contribution in [2.24, 2.45) is 0 Å². The lowest BCUT2D eigenvalue weighted by molar-refractivity contribution is -0.384. The average molecular weight is 355 g/mol. The molecule has 1 atom stereocenters. The van der Waals surface area contributed by atoms with Crippen LogP contribution in [0.25, 0.3) is 11.1 Å². The molecular weight excluding hydrogens is 338 g/mol. The molecule has 0 aliphatic carbocycles. The van der Waals surface area contributed by atoms with Gasteiger partial charge in [0, 0.05) is 6.07 Å². The molecule has 0 spiro atoms. The summed E-state index contributed by atoms with van der Waals surface area (Å²) in [4.78, 5) is 34.6. The predicted molar refractivity (Wildman–Crippen MR) is 94.9 cm³/mol. The number of nitro benzene ring substituents is 1. The van der Waals surface area contributed by atoms with E-state index < -0.39 is 10.7 Å². The van der Waals surface area contributed by atoms with Crippen molar-refractivity contribution in [1.82, 2.24) is 9.88 Å². The van der Waals surface area contributed by atoms with Crippen molar-refractivity contribution >= 4 is 22.7 Å². The van der Waals surface area contributed by atoms with Crippen molar-refractivity contribution in [3.63, 3.8) is 0 Å². The summed E-state index contributed by atoms with van der Waals surface area (Å²) in [6.07, 6.45) is 0. The fourth-order valence-corrected chi connectivity index (χ4v) is 2.90. The van der Waals surface area contributed by atoms with Crippen molar-refractivity contribution in [2.75, 3.05) is 0 Å². The van der Waals surface area contributed by atoms with Crippen LogP contribution in [0.15, 0.2) is 51.7 Å². The zero-order chi connectivity index (χ0) is 18.8. The Labute approximate surface area is 148 Å². The molecular formula is C18H17N3O5. The van der Waals surface area contributed by atoms with Gasteiger partial charge in [-0.25, -0.2) is 4.79 Å². The summed E-state index contributed by atoms with van der Waals surface area (Å²) in [5, 5.41) is 13.7. The Morgan fingerprint density at radius 3 is 2.73 bits per heavy atom. The van der Waals surface area contributed by atoms with E-state index in [1.807, 2.05) is 38.1 Å². The average Bonchev–Trinajstić information content (AvgIpc) is 2.89. The van der Waals surface area contributed by atoms with Gasteiger partial charge in [0.2, 0.25) is 5.91 Å². The van der Waals surface area contributed by atoms with E-state index in [0.29, 0.717) is 5.52 Å². The third kappa shape index (κ3) is 3.34. The Morgan fingerprint density at radius 1 is 1.31 bits per heavy atom. The summed E-state index contributed by atoms with van der Waals surface area (Å²) in [6, 6.07) is 11.3. The number of nitrogens with zero attached hydrogens (tertiary/aromatic N) is 2. The maximum Gasteiger partial charge on any atom is 0.420 e. The van der Waals surface area contributed by atoms with Gasteiger partial charge in [0.15, 0.2) is 5.58 Å². The van der Waals surface area contributed by atoms with Gasteiger partial charge in [0.1, 0.15) is 6.54 Å². The van der Waals surface area contributed by atoms with Crippen LogP contribution in [-0.2, 0) is 11.3 Å². The first-order chi connectivity index (χ1) is 12.4. The van der Waals surface area contributed by atoms with Gasteiger partial charge in [-0.15, -0.1) is 0 Å². The number of nitro groups is 1. The fraction of sp³-hybridized carbons (Fsp3) is 0.222. The van der Waals surface area contributed by atoms with Gasteiger partial charge in [0.25, 0.3) is 5.69 Å². The topological polar surface area (TPSA) is 107 Å². The van der Waals surface area contributed by atoms with Crippen molar-refractivity contribution < 1.29 is 14.1 Å². The van der Waals surface area contributed by atoms with Crippen LogP contribution in [0.4, 0.5) is 5.69 Å². The van der Waals surface area contributed by atoms with Crippen LogP contribution in [-0.4, -0.2) is 15.4 Å². The normalized spacial score (nSPS) is 12.1. The summed E-state index contributed by atoms with van der Waals surface area (Å²) in [5.41, 5.74) is 2.26. The van der Waals surface area contributed by atoms with Crippen LogP contribution in [0.3, 0.4) is 0 Å². The number of hydrogen-bond donors (Lipinski definition) is 1. The second-order valence-electron chi connectivity index (χ2n) is 6.01. The minimum atomic E-state index is -0.737. The Bertz CT molecular complexity index is 1050. The summed E-state index contributed by atoms with van der Waals surface area (Å²) in [6.45, 7) is 3.58. The van der Waals surface area contributed by atoms with Gasteiger partial charge in [-0.2, -0.15) is 0 Å². The SMILES string of the molecule is Cc1ccccc1[C@H](C)NC(=O)Cn1c(=O)oc2cc([N+](=O)[O-])ccc21. The molecule has 8 heteroatoms. The quantitative estimate of drug-likeness (QED) is 0.559. The summed E-state index contributed by atoms with van der Waals surface area (Å²) >= 11 is 0. The first kappa shape index (κ1) is 17.4. The van der Waals surface area contributed by atoms with E-state index in [4.69, 9.17) is 4.42 Å². The van der Waals surface area contributed by atoms with E-state index in [-0.39, 0.29) is 29.8 Å². The Kier molecular flexibility index (Phi) is 4.57. The third-order valence-electron chi connectivity index (χ3n) is 4.20. The van der Waals surface area contributed by atoms with E-state index in [9.17, 15) is 19.7 Å². The molecule has 134 valence electrons. The third-order valence-corrected chi connectivity index (χ3v) is 4.20. The van der Waals surface area contributed by atoms with E-state index in [2.05, 4.69) is 5.32 Å². The lowest BCUT2D eigenvalue weighted by atomic mass is 10.0. The monoisotopic (exact) mass is 355 g/mol. The highest BCUT2D eigenvalue weighted by Gasteiger charge is 2.17. The number of amides is 1. The molecule has 0 unspecified atom stereocenters. The zero-order valence-electron chi connectivity index (χ0n) is 14.3. The first-order valence-corrected chi connectivity index (χ1v) is 7.99. The molecule has 1 aromatic heterocycles. The highest BCUT2D eigenvalue weighted by atomic mass is 16.6. The van der Waals surface area contributed by atoms with Crippen LogP contribution in [0, 0.1) is 17.0 Å². The van der Waals surface area contributed by atoms with Crippen LogP contribution in [0.1, 0.15) is 24.1 Å². The van der Waals surface area contributed by atoms with E-state index in [0.717, 1.165) is 15.7 Å². The summed E-state index contributed by atoms with van der Waals surface area (Å²) in [5.74, 6) is -1.09. The second-order valence-corrected chi connectivity index (χ2v) is 6.01. The number of oxazole rings is 1. The summed E-state index contributed by atoms with van der Waals surface area (Å²) < 4.78 is 6.17. The number of fused-ring (bicyclic) bond motifs is 1. The molecule has 3 rings (SSSR count). The molecule has 0 bridgehead atoms. The van der Waals surface area contributed by atoms with E-state index >= 15 is 0 Å². The van der Waals surface area contributed by atoms with Crippen molar-refractivity contribution in [1.29, 1.82) is 0 Å². The second kappa shape index (κ2) is 6.83. The highest BCUT2D eigenvalue weighted by Crippen LogP contribution is 2.20. The molecule has 0 saturated carbocycles. The number of aromatic nitrogens is 1. The molecule has 1 amide bonds. The number of carbonyl (C=O) groups excluding carboxylic acids is 1. The van der Waals surface area contributed by atoms with Crippen LogP contribution in [0.5, 0.6) is 0 Å². The number of carbonyl (C=O) groups is 1. The van der Waals surface area contributed by atoms with Gasteiger partial charge in [-0.05, 0) is 31.0 Å². The minimum absolute atomic E-state index is 0.0731. The smallest absolute Gasteiger partial charge is 0.407 e. The van der Waals surface area contributed by atoms with E-state index in [1.165, 1.54) is 18.2 Å². The zero-order valence-corrected chi connectivity index (χ0v) is 14.3. The van der Waals surface area contributed by atoms with Crippen LogP contribution >= 0.6 is 0 Å². The van der Waals surface area contributed by atoms with Crippen LogP contribution in [0.2, 0.25) is 0 Å². The molecule has 0 radical (unpaired) electrons. The molecule has 26 heavy (non-hydrogen) atoms. The Hall–Kier alpha value is -3.42. The maximum atomic E-state index is 12.4. The van der Waals surface area contributed by atoms with Crippen molar-refractivity contribution in [3.05, 3.63) is 74.3 Å². The number of hydrogen-bond acceptors (Lipinski definition) is 5. The molecule has 1 heterocycles.